The van der Waals surface area contributed by atoms with Crippen LogP contribution in [-0.2, 0) is 14.8 Å². The lowest BCUT2D eigenvalue weighted by atomic mass is 9.94. The van der Waals surface area contributed by atoms with Crippen molar-refractivity contribution in [2.75, 3.05) is 27.7 Å². The molecule has 0 radical (unpaired) electrons. The Hall–Kier alpha value is -1.47. The first-order valence-electron chi connectivity index (χ1n) is 7.54. The van der Waals surface area contributed by atoms with Crippen LogP contribution in [0.3, 0.4) is 0 Å². The first kappa shape index (κ1) is 20.8. The van der Waals surface area contributed by atoms with Crippen molar-refractivity contribution < 1.29 is 13.2 Å². The van der Waals surface area contributed by atoms with Gasteiger partial charge >= 0.3 is 0 Å². The molecule has 0 aliphatic carbocycles. The van der Waals surface area contributed by atoms with Gasteiger partial charge in [0, 0.05) is 29.0 Å². The molecule has 0 atom stereocenters. The van der Waals surface area contributed by atoms with E-state index in [1.54, 1.807) is 42.5 Å². The summed E-state index contributed by atoms with van der Waals surface area (Å²) in [6.45, 7) is 0. The normalized spacial score (nSPS) is 11.8. The van der Waals surface area contributed by atoms with Crippen molar-refractivity contribution in [3.05, 3.63) is 54.6 Å². The fourth-order valence-electron chi connectivity index (χ4n) is 1.99. The van der Waals surface area contributed by atoms with Crippen molar-refractivity contribution in [3.8, 4) is 0 Å². The van der Waals surface area contributed by atoms with E-state index in [0.717, 1.165) is 0 Å². The molecule has 0 spiro atoms. The molecule has 5 nitrogen and oxygen atoms in total. The smallest absolute Gasteiger partial charge is 0.261 e. The van der Waals surface area contributed by atoms with Crippen molar-refractivity contribution in [2.45, 2.75) is 4.90 Å². The summed E-state index contributed by atoms with van der Waals surface area (Å²) in [6, 6.07) is 14.2. The maximum atomic E-state index is 12.4. The number of alkyl halides is 3. The Morgan fingerprint density at radius 2 is 1.35 bits per heavy atom. The molecule has 2 aromatic carbocycles. The molecule has 0 aromatic heterocycles. The van der Waals surface area contributed by atoms with Gasteiger partial charge in [0.15, 0.2) is 0 Å². The molecule has 1 amide bonds. The van der Waals surface area contributed by atoms with E-state index in [9.17, 15) is 13.2 Å². The van der Waals surface area contributed by atoms with Crippen LogP contribution in [0.25, 0.3) is 0 Å². The average Bonchev–Trinajstić information content (AvgIpc) is 2.66. The van der Waals surface area contributed by atoms with Crippen molar-refractivity contribution in [1.29, 1.82) is 0 Å². The van der Waals surface area contributed by atoms with Gasteiger partial charge in [0.25, 0.3) is 10.0 Å². The summed E-state index contributed by atoms with van der Waals surface area (Å²) >= 11 is 17.5. The van der Waals surface area contributed by atoms with Gasteiger partial charge < -0.3 is 5.32 Å². The molecule has 0 saturated carbocycles. The zero-order chi connectivity index (χ0) is 19.2. The number of hydrogen-bond acceptors (Lipinski definition) is 3. The van der Waals surface area contributed by atoms with E-state index < -0.39 is 21.3 Å². The fraction of sp³-hybridized carbons (Fsp3) is 0.235. The van der Waals surface area contributed by atoms with Crippen molar-refractivity contribution in [3.63, 3.8) is 0 Å². The van der Waals surface area contributed by atoms with Gasteiger partial charge in [-0.15, -0.1) is 34.8 Å². The SMILES string of the molecule is O=C(Nc1ccc(NS(=O)(=O)c2ccccc2)cc1)C(CCl)(CCl)CCl. The number of halogens is 3. The van der Waals surface area contributed by atoms with Crippen LogP contribution < -0.4 is 10.0 Å². The third-order valence-corrected chi connectivity index (χ3v) is 6.63. The summed E-state index contributed by atoms with van der Waals surface area (Å²) in [4.78, 5) is 12.5. The predicted molar refractivity (Wildman–Crippen MR) is 107 cm³/mol. The Morgan fingerprint density at radius 3 is 1.85 bits per heavy atom. The van der Waals surface area contributed by atoms with Crippen LogP contribution >= 0.6 is 34.8 Å². The summed E-state index contributed by atoms with van der Waals surface area (Å²) in [5.74, 6) is -0.433. The van der Waals surface area contributed by atoms with Gasteiger partial charge in [-0.05, 0) is 36.4 Å². The van der Waals surface area contributed by atoms with E-state index in [-0.39, 0.29) is 22.5 Å². The van der Waals surface area contributed by atoms with Crippen molar-refractivity contribution >= 4 is 62.1 Å². The third-order valence-electron chi connectivity index (χ3n) is 3.70. The van der Waals surface area contributed by atoms with Gasteiger partial charge in [0.2, 0.25) is 5.91 Å². The second-order valence-electron chi connectivity index (χ2n) is 5.63. The van der Waals surface area contributed by atoms with Gasteiger partial charge in [-0.3, -0.25) is 9.52 Å². The van der Waals surface area contributed by atoms with E-state index in [0.29, 0.717) is 11.4 Å². The van der Waals surface area contributed by atoms with Crippen LogP contribution in [0.1, 0.15) is 0 Å². The minimum Gasteiger partial charge on any atom is -0.325 e. The number of rotatable bonds is 8. The molecule has 2 aromatic rings. The number of anilines is 2. The van der Waals surface area contributed by atoms with Crippen LogP contribution in [0.2, 0.25) is 0 Å². The lowest BCUT2D eigenvalue weighted by Crippen LogP contribution is -2.41. The van der Waals surface area contributed by atoms with E-state index in [2.05, 4.69) is 10.0 Å². The highest BCUT2D eigenvalue weighted by Crippen LogP contribution is 2.26. The molecule has 9 heteroatoms. The topological polar surface area (TPSA) is 75.3 Å². The number of carbonyl (C=O) groups is 1. The lowest BCUT2D eigenvalue weighted by molar-refractivity contribution is -0.122. The van der Waals surface area contributed by atoms with Crippen LogP contribution in [0.15, 0.2) is 59.5 Å². The molecule has 2 N–H and O–H groups in total. The maximum Gasteiger partial charge on any atom is 0.261 e. The van der Waals surface area contributed by atoms with Crippen molar-refractivity contribution in [2.24, 2.45) is 5.41 Å². The molecule has 0 fully saturated rings. The Morgan fingerprint density at radius 1 is 0.846 bits per heavy atom. The molecule has 0 aliphatic rings. The number of amides is 1. The zero-order valence-corrected chi connectivity index (χ0v) is 16.7. The molecule has 0 saturated heterocycles. The van der Waals surface area contributed by atoms with Gasteiger partial charge in [-0.1, -0.05) is 18.2 Å². The third kappa shape index (κ3) is 4.82. The van der Waals surface area contributed by atoms with Gasteiger partial charge in [0.05, 0.1) is 10.3 Å². The monoisotopic (exact) mass is 434 g/mol. The summed E-state index contributed by atoms with van der Waals surface area (Å²) in [7, 11) is -3.67. The first-order chi connectivity index (χ1) is 12.4. The molecule has 0 heterocycles. The number of carbonyl (C=O) groups excluding carboxylic acids is 1. The number of hydrogen-bond donors (Lipinski definition) is 2. The second kappa shape index (κ2) is 8.95. The Labute approximate surface area is 167 Å². The maximum absolute atomic E-state index is 12.4. The molecule has 0 aliphatic heterocycles. The van der Waals surface area contributed by atoms with Gasteiger partial charge in [-0.25, -0.2) is 8.42 Å². The van der Waals surface area contributed by atoms with E-state index in [4.69, 9.17) is 34.8 Å². The molecule has 140 valence electrons. The summed E-state index contributed by atoms with van der Waals surface area (Å²) in [5.41, 5.74) is -0.231. The van der Waals surface area contributed by atoms with E-state index in [1.165, 1.54) is 12.1 Å². The molecule has 26 heavy (non-hydrogen) atoms. The highest BCUT2D eigenvalue weighted by atomic mass is 35.5. The summed E-state index contributed by atoms with van der Waals surface area (Å²) < 4.78 is 27.0. The minimum atomic E-state index is -3.67. The van der Waals surface area contributed by atoms with E-state index >= 15 is 0 Å². The minimum absolute atomic E-state index is 0.0131. The fourth-order valence-corrected chi connectivity index (χ4v) is 4.29. The largest absolute Gasteiger partial charge is 0.325 e. The van der Waals surface area contributed by atoms with Crippen molar-refractivity contribution in [1.82, 2.24) is 0 Å². The molecular formula is C17H17Cl3N2O3S. The Balaban J connectivity index is 2.10. The lowest BCUT2D eigenvalue weighted by Gasteiger charge is -2.25. The summed E-state index contributed by atoms with van der Waals surface area (Å²) in [6.07, 6.45) is 0. The Kier molecular flexibility index (Phi) is 7.17. The molecule has 0 bridgehead atoms. The Bertz CT molecular complexity index is 831. The highest BCUT2D eigenvalue weighted by molar-refractivity contribution is 7.92. The highest BCUT2D eigenvalue weighted by Gasteiger charge is 2.36. The van der Waals surface area contributed by atoms with E-state index in [1.807, 2.05) is 0 Å². The first-order valence-corrected chi connectivity index (χ1v) is 10.6. The summed E-state index contributed by atoms with van der Waals surface area (Å²) in [5, 5.41) is 2.69. The molecular weight excluding hydrogens is 419 g/mol. The van der Waals surface area contributed by atoms with Crippen LogP contribution in [0, 0.1) is 5.41 Å². The standard InChI is InChI=1S/C17H17Cl3N2O3S/c18-10-17(11-19,12-20)16(23)21-13-6-8-14(9-7-13)22-26(24,25)15-4-2-1-3-5-15/h1-9,22H,10-12H2,(H,21,23). The second-order valence-corrected chi connectivity index (χ2v) is 8.12. The average molecular weight is 436 g/mol. The number of sulfonamides is 1. The van der Waals surface area contributed by atoms with Gasteiger partial charge in [0.1, 0.15) is 0 Å². The van der Waals surface area contributed by atoms with Gasteiger partial charge in [-0.2, -0.15) is 0 Å². The number of benzene rings is 2. The van der Waals surface area contributed by atoms with Crippen LogP contribution in [-0.4, -0.2) is 32.0 Å². The quantitative estimate of drug-likeness (QED) is 0.612. The molecule has 0 unspecified atom stereocenters. The number of nitrogens with one attached hydrogen (secondary N) is 2. The molecule has 2 rings (SSSR count). The van der Waals surface area contributed by atoms with Crippen LogP contribution in [0.5, 0.6) is 0 Å². The zero-order valence-electron chi connectivity index (χ0n) is 13.6. The van der Waals surface area contributed by atoms with Crippen LogP contribution in [0.4, 0.5) is 11.4 Å². The predicted octanol–water partition coefficient (Wildman–Crippen LogP) is 4.13.